The summed E-state index contributed by atoms with van der Waals surface area (Å²) in [6, 6.07) is 11.7. The van der Waals surface area contributed by atoms with E-state index in [-0.39, 0.29) is 0 Å². The molecule has 0 atom stereocenters. The Morgan fingerprint density at radius 1 is 1.29 bits per heavy atom. The van der Waals surface area contributed by atoms with Crippen LogP contribution in [-0.4, -0.2) is 23.1 Å². The molecule has 21 heavy (non-hydrogen) atoms. The zero-order valence-corrected chi connectivity index (χ0v) is 12.8. The Balaban J connectivity index is 1.81. The maximum absolute atomic E-state index is 5.75. The zero-order chi connectivity index (χ0) is 15.1. The van der Waals surface area contributed by atoms with E-state index in [1.54, 1.807) is 6.20 Å². The van der Waals surface area contributed by atoms with E-state index < -0.39 is 0 Å². The first-order chi connectivity index (χ1) is 10.2. The second-order valence-electron chi connectivity index (χ2n) is 4.66. The largest absolute Gasteiger partial charge is 0.494 e. The number of aryl methyl sites for hydroxylation is 1. The normalized spacial score (nSPS) is 10.1. The van der Waals surface area contributed by atoms with E-state index in [1.807, 2.05) is 43.3 Å². The summed E-state index contributed by atoms with van der Waals surface area (Å²) in [5.41, 5.74) is 7.59. The second kappa shape index (κ2) is 7.59. The molecule has 4 nitrogen and oxygen atoms in total. The van der Waals surface area contributed by atoms with Gasteiger partial charge in [-0.1, -0.05) is 30.4 Å². The predicted octanol–water partition coefficient (Wildman–Crippen LogP) is 2.91. The van der Waals surface area contributed by atoms with Crippen molar-refractivity contribution in [2.45, 2.75) is 13.3 Å². The number of rotatable bonds is 7. The minimum atomic E-state index is 0.364. The molecule has 2 rings (SSSR count). The number of thiocarbonyl (C=S) groups is 1. The van der Waals surface area contributed by atoms with E-state index in [0.717, 1.165) is 35.7 Å². The Labute approximate surface area is 130 Å². The van der Waals surface area contributed by atoms with E-state index in [4.69, 9.17) is 22.7 Å². The Kier molecular flexibility index (Phi) is 5.51. The summed E-state index contributed by atoms with van der Waals surface area (Å²) in [5.74, 6) is 1.62. The summed E-state index contributed by atoms with van der Waals surface area (Å²) in [6.07, 6.45) is 2.61. The first kappa shape index (κ1) is 15.3. The molecule has 1 aromatic heterocycles. The molecule has 1 heterocycles. The van der Waals surface area contributed by atoms with Crippen LogP contribution >= 0.6 is 12.2 Å². The van der Waals surface area contributed by atoms with Crippen LogP contribution in [0.15, 0.2) is 42.6 Å². The van der Waals surface area contributed by atoms with Crippen molar-refractivity contribution < 1.29 is 4.74 Å². The van der Waals surface area contributed by atoms with Crippen molar-refractivity contribution in [1.29, 1.82) is 0 Å². The summed E-state index contributed by atoms with van der Waals surface area (Å²) < 4.78 is 5.63. The van der Waals surface area contributed by atoms with Gasteiger partial charge in [0, 0.05) is 12.7 Å². The van der Waals surface area contributed by atoms with Gasteiger partial charge in [-0.3, -0.25) is 0 Å². The van der Waals surface area contributed by atoms with Crippen molar-refractivity contribution in [3.05, 3.63) is 53.7 Å². The molecule has 5 heteroatoms. The molecule has 0 radical (unpaired) electrons. The van der Waals surface area contributed by atoms with Crippen molar-refractivity contribution in [1.82, 2.24) is 4.98 Å². The van der Waals surface area contributed by atoms with Crippen LogP contribution < -0.4 is 15.8 Å². The maximum Gasteiger partial charge on any atom is 0.136 e. The molecule has 1 aromatic carbocycles. The molecule has 110 valence electrons. The SMILES string of the molecule is Cc1ccnc(NCCCOc2ccccc2)c1C(N)=S. The first-order valence-electron chi connectivity index (χ1n) is 6.85. The average molecular weight is 301 g/mol. The number of para-hydroxylation sites is 1. The highest BCUT2D eigenvalue weighted by Gasteiger charge is 2.08. The molecule has 0 saturated heterocycles. The van der Waals surface area contributed by atoms with E-state index in [0.29, 0.717) is 11.6 Å². The fourth-order valence-electron chi connectivity index (χ4n) is 1.99. The van der Waals surface area contributed by atoms with Gasteiger partial charge in [0.2, 0.25) is 0 Å². The monoisotopic (exact) mass is 301 g/mol. The quantitative estimate of drug-likeness (QED) is 0.608. The number of ether oxygens (including phenoxy) is 1. The Morgan fingerprint density at radius 3 is 2.76 bits per heavy atom. The molecule has 0 spiro atoms. The number of hydrogen-bond donors (Lipinski definition) is 2. The number of hydrogen-bond acceptors (Lipinski definition) is 4. The summed E-state index contributed by atoms with van der Waals surface area (Å²) in [5, 5.41) is 3.26. The third-order valence-corrected chi connectivity index (χ3v) is 3.24. The number of aromatic nitrogens is 1. The summed E-state index contributed by atoms with van der Waals surface area (Å²) >= 11 is 5.08. The number of anilines is 1. The third-order valence-electron chi connectivity index (χ3n) is 3.03. The van der Waals surface area contributed by atoms with Crippen LogP contribution in [0.5, 0.6) is 5.75 Å². The van der Waals surface area contributed by atoms with Crippen molar-refractivity contribution >= 4 is 23.0 Å². The van der Waals surface area contributed by atoms with Gasteiger partial charge in [0.15, 0.2) is 0 Å². The van der Waals surface area contributed by atoms with Crippen molar-refractivity contribution in [3.8, 4) is 5.75 Å². The highest BCUT2D eigenvalue weighted by Crippen LogP contribution is 2.16. The molecule has 0 amide bonds. The van der Waals surface area contributed by atoms with Gasteiger partial charge in [0.05, 0.1) is 12.2 Å². The predicted molar refractivity (Wildman–Crippen MR) is 89.9 cm³/mol. The summed E-state index contributed by atoms with van der Waals surface area (Å²) in [7, 11) is 0. The average Bonchev–Trinajstić information content (AvgIpc) is 2.47. The standard InChI is InChI=1S/C16H19N3OS/c1-12-8-10-19-16(14(12)15(17)21)18-9-5-11-20-13-6-3-2-4-7-13/h2-4,6-8,10H,5,9,11H2,1H3,(H2,17,21)(H,18,19). The number of nitrogens with one attached hydrogen (secondary N) is 1. The van der Waals surface area contributed by atoms with Gasteiger partial charge in [-0.05, 0) is 37.1 Å². The van der Waals surface area contributed by atoms with Crippen molar-refractivity contribution in [2.75, 3.05) is 18.5 Å². The lowest BCUT2D eigenvalue weighted by Crippen LogP contribution is -2.17. The van der Waals surface area contributed by atoms with Crippen LogP contribution in [-0.2, 0) is 0 Å². The van der Waals surface area contributed by atoms with E-state index in [2.05, 4.69) is 10.3 Å². The Morgan fingerprint density at radius 2 is 2.05 bits per heavy atom. The van der Waals surface area contributed by atoms with Gasteiger partial charge in [-0.25, -0.2) is 4.98 Å². The van der Waals surface area contributed by atoms with Gasteiger partial charge in [0.1, 0.15) is 16.6 Å². The lowest BCUT2D eigenvalue weighted by atomic mass is 10.1. The molecule has 0 aliphatic carbocycles. The fourth-order valence-corrected chi connectivity index (χ4v) is 2.25. The molecular weight excluding hydrogens is 282 g/mol. The molecule has 0 aliphatic rings. The van der Waals surface area contributed by atoms with Crippen molar-refractivity contribution in [3.63, 3.8) is 0 Å². The van der Waals surface area contributed by atoms with Crippen LogP contribution in [0, 0.1) is 6.92 Å². The topological polar surface area (TPSA) is 60.2 Å². The summed E-state index contributed by atoms with van der Waals surface area (Å²) in [4.78, 5) is 4.66. The van der Waals surface area contributed by atoms with Gasteiger partial charge in [0.25, 0.3) is 0 Å². The molecule has 3 N–H and O–H groups in total. The zero-order valence-electron chi connectivity index (χ0n) is 12.0. The second-order valence-corrected chi connectivity index (χ2v) is 5.10. The van der Waals surface area contributed by atoms with E-state index >= 15 is 0 Å². The highest BCUT2D eigenvalue weighted by molar-refractivity contribution is 7.80. The molecule has 0 saturated carbocycles. The molecular formula is C16H19N3OS. The molecule has 0 unspecified atom stereocenters. The lowest BCUT2D eigenvalue weighted by Gasteiger charge is -2.12. The van der Waals surface area contributed by atoms with Gasteiger partial charge in [-0.15, -0.1) is 0 Å². The molecule has 0 aliphatic heterocycles. The highest BCUT2D eigenvalue weighted by atomic mass is 32.1. The van der Waals surface area contributed by atoms with Crippen LogP contribution in [0.1, 0.15) is 17.5 Å². The van der Waals surface area contributed by atoms with Gasteiger partial charge >= 0.3 is 0 Å². The number of nitrogens with zero attached hydrogens (tertiary/aromatic N) is 1. The Hall–Kier alpha value is -2.14. The smallest absolute Gasteiger partial charge is 0.136 e. The molecule has 0 bridgehead atoms. The first-order valence-corrected chi connectivity index (χ1v) is 7.26. The fraction of sp³-hybridized carbons (Fsp3) is 0.250. The van der Waals surface area contributed by atoms with Crippen LogP contribution in [0.3, 0.4) is 0 Å². The number of pyridine rings is 1. The van der Waals surface area contributed by atoms with Crippen molar-refractivity contribution in [2.24, 2.45) is 5.73 Å². The Bertz CT molecular complexity index is 602. The van der Waals surface area contributed by atoms with Gasteiger partial charge in [-0.2, -0.15) is 0 Å². The third kappa shape index (κ3) is 4.43. The van der Waals surface area contributed by atoms with Gasteiger partial charge < -0.3 is 15.8 Å². The van der Waals surface area contributed by atoms with Crippen LogP contribution in [0.25, 0.3) is 0 Å². The minimum Gasteiger partial charge on any atom is -0.494 e. The maximum atomic E-state index is 5.75. The minimum absolute atomic E-state index is 0.364. The number of benzene rings is 1. The van der Waals surface area contributed by atoms with E-state index in [1.165, 1.54) is 0 Å². The van der Waals surface area contributed by atoms with E-state index in [9.17, 15) is 0 Å². The molecule has 0 fully saturated rings. The lowest BCUT2D eigenvalue weighted by molar-refractivity contribution is 0.315. The van der Waals surface area contributed by atoms with Crippen LogP contribution in [0.2, 0.25) is 0 Å². The molecule has 2 aromatic rings. The van der Waals surface area contributed by atoms with Crippen LogP contribution in [0.4, 0.5) is 5.82 Å². The number of nitrogens with two attached hydrogens (primary N) is 1. The summed E-state index contributed by atoms with van der Waals surface area (Å²) in [6.45, 7) is 3.37.